The Labute approximate surface area is 120 Å². The molecule has 0 unspecified atom stereocenters. The SMILES string of the molecule is Cc1cc(C(=O)Nc2ccc3sccc3c2)cc(N)n1. The maximum atomic E-state index is 12.2. The summed E-state index contributed by atoms with van der Waals surface area (Å²) < 4.78 is 1.20. The van der Waals surface area contributed by atoms with Gasteiger partial charge in [0.1, 0.15) is 5.82 Å². The highest BCUT2D eigenvalue weighted by atomic mass is 32.1. The van der Waals surface area contributed by atoms with Gasteiger partial charge < -0.3 is 11.1 Å². The minimum atomic E-state index is -0.184. The third kappa shape index (κ3) is 2.48. The molecule has 1 aromatic carbocycles. The van der Waals surface area contributed by atoms with Crippen LogP contribution in [0.2, 0.25) is 0 Å². The van der Waals surface area contributed by atoms with E-state index in [4.69, 9.17) is 5.73 Å². The number of hydrogen-bond acceptors (Lipinski definition) is 4. The summed E-state index contributed by atoms with van der Waals surface area (Å²) in [4.78, 5) is 16.3. The van der Waals surface area contributed by atoms with E-state index in [0.29, 0.717) is 11.4 Å². The third-order valence-corrected chi connectivity index (χ3v) is 3.84. The van der Waals surface area contributed by atoms with Crippen molar-refractivity contribution in [3.8, 4) is 0 Å². The predicted molar refractivity (Wildman–Crippen MR) is 83.2 cm³/mol. The van der Waals surface area contributed by atoms with E-state index in [-0.39, 0.29) is 5.91 Å². The van der Waals surface area contributed by atoms with Crippen LogP contribution in [0.15, 0.2) is 41.8 Å². The van der Waals surface area contributed by atoms with E-state index >= 15 is 0 Å². The smallest absolute Gasteiger partial charge is 0.255 e. The fourth-order valence-corrected chi connectivity index (χ4v) is 2.84. The van der Waals surface area contributed by atoms with Crippen molar-refractivity contribution >= 4 is 38.8 Å². The van der Waals surface area contributed by atoms with Gasteiger partial charge in [0, 0.05) is 21.6 Å². The molecule has 0 aliphatic rings. The maximum Gasteiger partial charge on any atom is 0.255 e. The number of rotatable bonds is 2. The van der Waals surface area contributed by atoms with E-state index in [1.807, 2.05) is 36.6 Å². The molecule has 1 amide bonds. The Bertz CT molecular complexity index is 774. The van der Waals surface area contributed by atoms with Crippen molar-refractivity contribution in [3.05, 3.63) is 53.0 Å². The number of carbonyl (C=O) groups is 1. The highest BCUT2D eigenvalue weighted by Crippen LogP contribution is 2.24. The second kappa shape index (κ2) is 4.94. The topological polar surface area (TPSA) is 68.0 Å². The van der Waals surface area contributed by atoms with Gasteiger partial charge in [-0.25, -0.2) is 4.98 Å². The van der Waals surface area contributed by atoms with Crippen LogP contribution >= 0.6 is 11.3 Å². The number of carbonyl (C=O) groups excluding carboxylic acids is 1. The van der Waals surface area contributed by atoms with Crippen LogP contribution in [0.3, 0.4) is 0 Å². The molecule has 5 heteroatoms. The number of amides is 1. The number of hydrogen-bond donors (Lipinski definition) is 2. The zero-order valence-electron chi connectivity index (χ0n) is 10.9. The Morgan fingerprint density at radius 3 is 2.90 bits per heavy atom. The molecular weight excluding hydrogens is 270 g/mol. The van der Waals surface area contributed by atoms with Crippen molar-refractivity contribution < 1.29 is 4.79 Å². The summed E-state index contributed by atoms with van der Waals surface area (Å²) in [5, 5.41) is 6.03. The number of nitrogens with one attached hydrogen (secondary N) is 1. The average Bonchev–Trinajstić information content (AvgIpc) is 2.85. The molecule has 0 bridgehead atoms. The molecule has 0 saturated carbocycles. The largest absolute Gasteiger partial charge is 0.384 e. The Morgan fingerprint density at radius 1 is 1.25 bits per heavy atom. The first-order chi connectivity index (χ1) is 9.61. The van der Waals surface area contributed by atoms with Crippen LogP contribution in [-0.4, -0.2) is 10.9 Å². The highest BCUT2D eigenvalue weighted by molar-refractivity contribution is 7.17. The van der Waals surface area contributed by atoms with Crippen LogP contribution in [0.4, 0.5) is 11.5 Å². The van der Waals surface area contributed by atoms with Crippen molar-refractivity contribution in [3.63, 3.8) is 0 Å². The van der Waals surface area contributed by atoms with Crippen molar-refractivity contribution in [2.24, 2.45) is 0 Å². The molecule has 2 aromatic heterocycles. The first-order valence-corrected chi connectivity index (χ1v) is 7.02. The van der Waals surface area contributed by atoms with Crippen LogP contribution in [0.1, 0.15) is 16.1 Å². The Balaban J connectivity index is 1.87. The third-order valence-electron chi connectivity index (χ3n) is 2.95. The summed E-state index contributed by atoms with van der Waals surface area (Å²) in [5.74, 6) is 0.167. The molecule has 0 fully saturated rings. The Kier molecular flexibility index (Phi) is 3.12. The number of aryl methyl sites for hydroxylation is 1. The van der Waals surface area contributed by atoms with E-state index in [1.54, 1.807) is 23.5 Å². The average molecular weight is 283 g/mol. The highest BCUT2D eigenvalue weighted by Gasteiger charge is 2.08. The summed E-state index contributed by atoms with van der Waals surface area (Å²) in [7, 11) is 0. The number of aromatic nitrogens is 1. The van der Waals surface area contributed by atoms with Gasteiger partial charge in [-0.1, -0.05) is 0 Å². The van der Waals surface area contributed by atoms with Gasteiger partial charge >= 0.3 is 0 Å². The number of pyridine rings is 1. The van der Waals surface area contributed by atoms with Crippen LogP contribution in [0.25, 0.3) is 10.1 Å². The van der Waals surface area contributed by atoms with Gasteiger partial charge in [0.25, 0.3) is 5.91 Å². The van der Waals surface area contributed by atoms with E-state index in [9.17, 15) is 4.79 Å². The standard InChI is InChI=1S/C15H13N3OS/c1-9-6-11(8-14(16)17-9)15(19)18-12-2-3-13-10(7-12)4-5-20-13/h2-8H,1H3,(H2,16,17)(H,18,19). The summed E-state index contributed by atoms with van der Waals surface area (Å²) in [5.41, 5.74) is 7.67. The minimum absolute atomic E-state index is 0.184. The molecule has 3 aromatic rings. The van der Waals surface area contributed by atoms with E-state index in [0.717, 1.165) is 16.8 Å². The van der Waals surface area contributed by atoms with Crippen LogP contribution in [0.5, 0.6) is 0 Å². The lowest BCUT2D eigenvalue weighted by atomic mass is 10.2. The monoisotopic (exact) mass is 283 g/mol. The lowest BCUT2D eigenvalue weighted by Gasteiger charge is -2.07. The summed E-state index contributed by atoms with van der Waals surface area (Å²) in [6.45, 7) is 1.81. The number of nitrogens with zero attached hydrogens (tertiary/aromatic N) is 1. The van der Waals surface area contributed by atoms with Crippen LogP contribution in [-0.2, 0) is 0 Å². The molecule has 0 radical (unpaired) electrons. The Morgan fingerprint density at radius 2 is 2.10 bits per heavy atom. The second-order valence-corrected chi connectivity index (χ2v) is 5.50. The quantitative estimate of drug-likeness (QED) is 0.757. The molecule has 2 heterocycles. The maximum absolute atomic E-state index is 12.2. The van der Waals surface area contributed by atoms with Gasteiger partial charge in [0.2, 0.25) is 0 Å². The van der Waals surface area contributed by atoms with Crippen LogP contribution in [0, 0.1) is 6.92 Å². The lowest BCUT2D eigenvalue weighted by Crippen LogP contribution is -2.13. The van der Waals surface area contributed by atoms with Crippen LogP contribution < -0.4 is 11.1 Å². The first-order valence-electron chi connectivity index (χ1n) is 6.14. The lowest BCUT2D eigenvalue weighted by molar-refractivity contribution is 0.102. The molecule has 0 aliphatic carbocycles. The first kappa shape index (κ1) is 12.6. The zero-order valence-corrected chi connectivity index (χ0v) is 11.7. The molecule has 0 atom stereocenters. The van der Waals surface area contributed by atoms with Gasteiger partial charge in [0.05, 0.1) is 0 Å². The fraction of sp³-hybridized carbons (Fsp3) is 0.0667. The number of benzene rings is 1. The van der Waals surface area contributed by atoms with Crippen molar-refractivity contribution in [2.75, 3.05) is 11.1 Å². The molecular formula is C15H13N3OS. The molecule has 3 rings (SSSR count). The fourth-order valence-electron chi connectivity index (χ4n) is 2.07. The molecule has 0 saturated heterocycles. The number of nitrogens with two attached hydrogens (primary N) is 1. The van der Waals surface area contributed by atoms with Crippen molar-refractivity contribution in [2.45, 2.75) is 6.92 Å². The predicted octanol–water partition coefficient (Wildman–Crippen LogP) is 3.44. The number of fused-ring (bicyclic) bond motifs is 1. The van der Waals surface area contributed by atoms with Crippen molar-refractivity contribution in [1.29, 1.82) is 0 Å². The Hall–Kier alpha value is -2.40. The molecule has 100 valence electrons. The summed E-state index contributed by atoms with van der Waals surface area (Å²) in [6.07, 6.45) is 0. The molecule has 3 N–H and O–H groups in total. The van der Waals surface area contributed by atoms with Crippen molar-refractivity contribution in [1.82, 2.24) is 4.98 Å². The second-order valence-electron chi connectivity index (χ2n) is 4.55. The molecule has 0 spiro atoms. The van der Waals surface area contributed by atoms with Gasteiger partial charge in [0.15, 0.2) is 0 Å². The molecule has 0 aliphatic heterocycles. The van der Waals surface area contributed by atoms with E-state index < -0.39 is 0 Å². The van der Waals surface area contributed by atoms with Gasteiger partial charge in [-0.15, -0.1) is 11.3 Å². The molecule has 4 nitrogen and oxygen atoms in total. The number of nitrogen functional groups attached to an aromatic ring is 1. The van der Waals surface area contributed by atoms with E-state index in [2.05, 4.69) is 10.3 Å². The van der Waals surface area contributed by atoms with Gasteiger partial charge in [-0.3, -0.25) is 4.79 Å². The molecule has 20 heavy (non-hydrogen) atoms. The summed E-state index contributed by atoms with van der Waals surface area (Å²) >= 11 is 1.68. The summed E-state index contributed by atoms with van der Waals surface area (Å²) in [6, 6.07) is 11.2. The number of thiophene rings is 1. The normalized spacial score (nSPS) is 10.7. The van der Waals surface area contributed by atoms with E-state index in [1.165, 1.54) is 4.70 Å². The minimum Gasteiger partial charge on any atom is -0.384 e. The van der Waals surface area contributed by atoms with Gasteiger partial charge in [-0.05, 0) is 54.1 Å². The van der Waals surface area contributed by atoms with Gasteiger partial charge in [-0.2, -0.15) is 0 Å². The number of anilines is 2. The zero-order chi connectivity index (χ0) is 14.1.